The van der Waals surface area contributed by atoms with Crippen molar-refractivity contribution >= 4 is 22.8 Å². The van der Waals surface area contributed by atoms with Gasteiger partial charge in [-0.1, -0.05) is 72.8 Å². The van der Waals surface area contributed by atoms with Gasteiger partial charge in [-0.05, 0) is 40.8 Å². The minimum absolute atomic E-state index is 0.00514. The Kier molecular flexibility index (Phi) is 5.83. The van der Waals surface area contributed by atoms with E-state index < -0.39 is 0 Å². The summed E-state index contributed by atoms with van der Waals surface area (Å²) in [5, 5.41) is 5.53. The number of piperidine rings is 1. The Morgan fingerprint density at radius 2 is 1.64 bits per heavy atom. The van der Waals surface area contributed by atoms with Gasteiger partial charge in [0.1, 0.15) is 0 Å². The summed E-state index contributed by atoms with van der Waals surface area (Å²) in [6.07, 6.45) is 5.58. The van der Waals surface area contributed by atoms with Crippen LogP contribution in [0.5, 0.6) is 0 Å². The van der Waals surface area contributed by atoms with Gasteiger partial charge >= 0.3 is 0 Å². The molecule has 0 saturated carbocycles. The Bertz CT molecular complexity index is 951. The third kappa shape index (κ3) is 4.68. The summed E-state index contributed by atoms with van der Waals surface area (Å²) in [6, 6.07) is 25.3. The minimum atomic E-state index is -0.00514. The molecule has 0 radical (unpaired) electrons. The fourth-order valence-electron chi connectivity index (χ4n) is 3.89. The van der Waals surface area contributed by atoms with Crippen LogP contribution in [0, 0.1) is 0 Å². The topological polar surface area (TPSA) is 32.3 Å². The van der Waals surface area contributed by atoms with E-state index >= 15 is 0 Å². The van der Waals surface area contributed by atoms with E-state index in [1.165, 1.54) is 16.3 Å². The average Bonchev–Trinajstić information content (AvgIpc) is 2.74. The second-order valence-electron chi connectivity index (χ2n) is 7.45. The van der Waals surface area contributed by atoms with Gasteiger partial charge in [-0.25, -0.2) is 0 Å². The first-order chi connectivity index (χ1) is 13.8. The van der Waals surface area contributed by atoms with Gasteiger partial charge < -0.3 is 5.32 Å². The lowest BCUT2D eigenvalue weighted by Gasteiger charge is -2.32. The van der Waals surface area contributed by atoms with Crippen molar-refractivity contribution in [1.82, 2.24) is 10.2 Å². The molecule has 1 heterocycles. The largest absolute Gasteiger partial charge is 0.350 e. The second-order valence-corrected chi connectivity index (χ2v) is 7.45. The van der Waals surface area contributed by atoms with E-state index in [0.29, 0.717) is 0 Å². The molecule has 0 spiro atoms. The molecule has 1 aliphatic heterocycles. The molecule has 0 unspecified atom stereocenters. The quantitative estimate of drug-likeness (QED) is 0.664. The smallest absolute Gasteiger partial charge is 0.244 e. The van der Waals surface area contributed by atoms with Gasteiger partial charge in [0.05, 0.1) is 0 Å². The van der Waals surface area contributed by atoms with E-state index in [0.717, 1.165) is 38.0 Å². The van der Waals surface area contributed by atoms with Crippen molar-refractivity contribution in [2.45, 2.75) is 25.4 Å². The number of likely N-dealkylation sites (tertiary alicyclic amines) is 1. The number of hydrogen-bond acceptors (Lipinski definition) is 2. The van der Waals surface area contributed by atoms with Crippen LogP contribution in [0.25, 0.3) is 16.8 Å². The van der Waals surface area contributed by atoms with Crippen molar-refractivity contribution in [3.63, 3.8) is 0 Å². The van der Waals surface area contributed by atoms with Crippen LogP contribution in [0.3, 0.4) is 0 Å². The predicted molar refractivity (Wildman–Crippen MR) is 116 cm³/mol. The minimum Gasteiger partial charge on any atom is -0.350 e. The SMILES string of the molecule is O=C(C=Cc1cccc2ccccc12)NC1CCN(Cc2ccccc2)CC1. The Balaban J connectivity index is 1.29. The standard InChI is InChI=1S/C25H26N2O/c28-25(14-13-22-11-6-10-21-9-4-5-12-24(21)22)26-23-15-17-27(18-16-23)19-20-7-2-1-3-8-20/h1-14,23H,15-19H2,(H,26,28). The normalized spacial score (nSPS) is 15.9. The molecule has 3 heteroatoms. The van der Waals surface area contributed by atoms with Crippen LogP contribution in [0.4, 0.5) is 0 Å². The van der Waals surface area contributed by atoms with Crippen molar-refractivity contribution in [2.24, 2.45) is 0 Å². The summed E-state index contributed by atoms with van der Waals surface area (Å²) < 4.78 is 0. The summed E-state index contributed by atoms with van der Waals surface area (Å²) in [6.45, 7) is 3.03. The fourth-order valence-corrected chi connectivity index (χ4v) is 3.89. The molecule has 0 aromatic heterocycles. The first-order valence-corrected chi connectivity index (χ1v) is 10.0. The summed E-state index contributed by atoms with van der Waals surface area (Å²) in [5.41, 5.74) is 2.42. The number of rotatable bonds is 5. The molecule has 0 aliphatic carbocycles. The van der Waals surface area contributed by atoms with Crippen molar-refractivity contribution < 1.29 is 4.79 Å². The molecule has 3 aromatic carbocycles. The fraction of sp³-hybridized carbons (Fsp3) is 0.240. The maximum atomic E-state index is 12.4. The second kappa shape index (κ2) is 8.85. The van der Waals surface area contributed by atoms with Crippen LogP contribution in [-0.2, 0) is 11.3 Å². The van der Waals surface area contributed by atoms with Crippen molar-refractivity contribution in [1.29, 1.82) is 0 Å². The summed E-state index contributed by atoms with van der Waals surface area (Å²) in [7, 11) is 0. The Hall–Kier alpha value is -2.91. The summed E-state index contributed by atoms with van der Waals surface area (Å²) in [5.74, 6) is -0.00514. The highest BCUT2D eigenvalue weighted by atomic mass is 16.1. The molecule has 4 rings (SSSR count). The van der Waals surface area contributed by atoms with Gasteiger partial charge in [0.2, 0.25) is 5.91 Å². The van der Waals surface area contributed by atoms with Gasteiger partial charge in [-0.3, -0.25) is 9.69 Å². The molecule has 142 valence electrons. The Morgan fingerprint density at radius 3 is 2.46 bits per heavy atom. The molecule has 28 heavy (non-hydrogen) atoms. The van der Waals surface area contributed by atoms with Crippen molar-refractivity contribution in [3.8, 4) is 0 Å². The Morgan fingerprint density at radius 1 is 0.929 bits per heavy atom. The van der Waals surface area contributed by atoms with E-state index in [9.17, 15) is 4.79 Å². The third-order valence-electron chi connectivity index (χ3n) is 5.42. The molecule has 1 aliphatic rings. The van der Waals surface area contributed by atoms with E-state index in [2.05, 4.69) is 58.7 Å². The van der Waals surface area contributed by atoms with E-state index in [1.54, 1.807) is 6.08 Å². The van der Waals surface area contributed by atoms with Crippen LogP contribution < -0.4 is 5.32 Å². The van der Waals surface area contributed by atoms with E-state index in [-0.39, 0.29) is 11.9 Å². The lowest BCUT2D eigenvalue weighted by atomic mass is 10.0. The number of hydrogen-bond donors (Lipinski definition) is 1. The summed E-state index contributed by atoms with van der Waals surface area (Å²) >= 11 is 0. The predicted octanol–water partition coefficient (Wildman–Crippen LogP) is 4.63. The third-order valence-corrected chi connectivity index (χ3v) is 5.42. The monoisotopic (exact) mass is 370 g/mol. The number of carbonyl (C=O) groups is 1. The van der Waals surface area contributed by atoms with Crippen LogP contribution in [0.1, 0.15) is 24.0 Å². The number of carbonyl (C=O) groups excluding carboxylic acids is 1. The van der Waals surface area contributed by atoms with Gasteiger partial charge in [0.15, 0.2) is 0 Å². The average molecular weight is 370 g/mol. The maximum Gasteiger partial charge on any atom is 0.244 e. The molecule has 1 amide bonds. The first-order valence-electron chi connectivity index (χ1n) is 10.0. The van der Waals surface area contributed by atoms with Crippen LogP contribution in [0.15, 0.2) is 78.9 Å². The zero-order chi connectivity index (χ0) is 19.2. The molecular weight excluding hydrogens is 344 g/mol. The number of fused-ring (bicyclic) bond motifs is 1. The van der Waals surface area contributed by atoms with E-state index in [4.69, 9.17) is 0 Å². The van der Waals surface area contributed by atoms with Gasteiger partial charge in [-0.2, -0.15) is 0 Å². The molecule has 0 bridgehead atoms. The van der Waals surface area contributed by atoms with Crippen molar-refractivity contribution in [2.75, 3.05) is 13.1 Å². The number of nitrogens with zero attached hydrogens (tertiary/aromatic N) is 1. The zero-order valence-corrected chi connectivity index (χ0v) is 16.1. The molecule has 0 atom stereocenters. The van der Waals surface area contributed by atoms with Crippen molar-refractivity contribution in [3.05, 3.63) is 90.0 Å². The van der Waals surface area contributed by atoms with Crippen LogP contribution in [-0.4, -0.2) is 29.9 Å². The van der Waals surface area contributed by atoms with Gasteiger partial charge in [-0.15, -0.1) is 0 Å². The van der Waals surface area contributed by atoms with E-state index in [1.807, 2.05) is 30.3 Å². The summed E-state index contributed by atoms with van der Waals surface area (Å²) in [4.78, 5) is 14.8. The highest BCUT2D eigenvalue weighted by Crippen LogP contribution is 2.19. The highest BCUT2D eigenvalue weighted by Gasteiger charge is 2.19. The molecule has 1 fully saturated rings. The van der Waals surface area contributed by atoms with Crippen LogP contribution >= 0.6 is 0 Å². The molecule has 3 nitrogen and oxygen atoms in total. The number of amides is 1. The molecule has 1 saturated heterocycles. The number of nitrogens with one attached hydrogen (secondary N) is 1. The molecule has 3 aromatic rings. The van der Waals surface area contributed by atoms with Crippen LogP contribution in [0.2, 0.25) is 0 Å². The van der Waals surface area contributed by atoms with Gasteiger partial charge in [0.25, 0.3) is 0 Å². The molecule has 1 N–H and O–H groups in total. The lowest BCUT2D eigenvalue weighted by Crippen LogP contribution is -2.43. The first kappa shape index (κ1) is 18.5. The molecular formula is C25H26N2O. The number of benzene rings is 3. The highest BCUT2D eigenvalue weighted by molar-refractivity contribution is 5.96. The maximum absolute atomic E-state index is 12.4. The van der Waals surface area contributed by atoms with Gasteiger partial charge in [0, 0.05) is 31.8 Å². The zero-order valence-electron chi connectivity index (χ0n) is 16.1. The lowest BCUT2D eigenvalue weighted by molar-refractivity contribution is -0.117. The Labute approximate surface area is 166 Å².